The van der Waals surface area contributed by atoms with Crippen LogP contribution in [0.5, 0.6) is 0 Å². The van der Waals surface area contributed by atoms with E-state index in [9.17, 15) is 0 Å². The summed E-state index contributed by atoms with van der Waals surface area (Å²) < 4.78 is 8.79. The molecule has 0 spiro atoms. The van der Waals surface area contributed by atoms with Gasteiger partial charge in [0.05, 0.1) is 36.7 Å². The Labute approximate surface area is 388 Å². The van der Waals surface area contributed by atoms with Crippen molar-refractivity contribution in [2.24, 2.45) is 5.41 Å². The molecule has 63 heavy (non-hydrogen) atoms. The third kappa shape index (κ3) is 9.57. The maximum atomic E-state index is 6.48. The largest absolute Gasteiger partial charge is 0.501 e. The standard InChI is InChI=1S/C37H32N3O.C19H26NSi.Ir/c1-22(2)30-19-26(25-12-7-6-8-13-25)20-31(23(3)4)35(30)40-33-21-38-24(5)18-32(33)39-37(40)29-16-11-15-28-27-14-9-10-17-34(27)41-36(28)29;1-19(2,3)13-16-12-17(15-10-8-7-9-11-15)20-14-18(16)21(4,5)6;/h6-15,17-23H,1-5H3;7-10,12,14H,13H2,1-6H3;/q2*-1;. The van der Waals surface area contributed by atoms with E-state index in [1.165, 1.54) is 38.7 Å². The molecule has 0 aliphatic heterocycles. The second-order valence-corrected chi connectivity index (χ2v) is 24.5. The van der Waals surface area contributed by atoms with Crippen molar-refractivity contribution in [2.75, 3.05) is 0 Å². The molecule has 0 aliphatic rings. The number of pyridine rings is 2. The molecular formula is C56H58IrN4OSi-2. The number of aryl methyl sites for hydroxylation is 1. The van der Waals surface area contributed by atoms with E-state index in [4.69, 9.17) is 19.4 Å². The van der Waals surface area contributed by atoms with E-state index in [2.05, 4.69) is 170 Å². The van der Waals surface area contributed by atoms with E-state index in [0.717, 1.165) is 67.7 Å². The number of para-hydroxylation sites is 1. The van der Waals surface area contributed by atoms with Crippen LogP contribution in [0.2, 0.25) is 19.6 Å². The second kappa shape index (κ2) is 18.3. The molecule has 9 rings (SSSR count). The second-order valence-electron chi connectivity index (χ2n) is 19.4. The normalized spacial score (nSPS) is 12.0. The molecule has 0 unspecified atom stereocenters. The fraction of sp³-hybridized carbons (Fsp3) is 0.268. The predicted molar refractivity (Wildman–Crippen MR) is 263 cm³/mol. The molecule has 0 amide bonds. The monoisotopic (exact) mass is 1020 g/mol. The van der Waals surface area contributed by atoms with Gasteiger partial charge in [0.25, 0.3) is 0 Å². The van der Waals surface area contributed by atoms with Crippen molar-refractivity contribution in [1.29, 1.82) is 0 Å². The van der Waals surface area contributed by atoms with Gasteiger partial charge in [-0.2, -0.15) is 0 Å². The Bertz CT molecular complexity index is 3000. The minimum Gasteiger partial charge on any atom is -0.501 e. The number of nitrogens with zero attached hydrogens (tertiary/aromatic N) is 4. The molecule has 9 aromatic rings. The van der Waals surface area contributed by atoms with Gasteiger partial charge >= 0.3 is 0 Å². The Morgan fingerprint density at radius 2 is 1.40 bits per heavy atom. The fourth-order valence-corrected chi connectivity index (χ4v) is 10.1. The molecule has 0 bridgehead atoms. The summed E-state index contributed by atoms with van der Waals surface area (Å²) in [4.78, 5) is 14.7. The van der Waals surface area contributed by atoms with Crippen LogP contribution in [0.25, 0.3) is 72.4 Å². The van der Waals surface area contributed by atoms with Crippen molar-refractivity contribution in [2.45, 2.75) is 93.3 Å². The van der Waals surface area contributed by atoms with Gasteiger partial charge in [-0.05, 0) is 88.0 Å². The molecule has 1 radical (unpaired) electrons. The molecule has 0 fully saturated rings. The van der Waals surface area contributed by atoms with E-state index < -0.39 is 8.07 Å². The first-order valence-corrected chi connectivity index (χ1v) is 25.4. The van der Waals surface area contributed by atoms with Gasteiger partial charge in [-0.25, -0.2) is 0 Å². The van der Waals surface area contributed by atoms with Crippen LogP contribution in [0.4, 0.5) is 0 Å². The van der Waals surface area contributed by atoms with Gasteiger partial charge in [-0.3, -0.25) is 9.97 Å². The molecule has 0 saturated carbocycles. The summed E-state index contributed by atoms with van der Waals surface area (Å²) in [5, 5.41) is 3.64. The molecule has 4 heterocycles. The van der Waals surface area contributed by atoms with E-state index in [1.807, 2.05) is 49.5 Å². The van der Waals surface area contributed by atoms with Crippen LogP contribution >= 0.6 is 0 Å². The quantitative estimate of drug-likeness (QED) is 0.112. The molecule has 4 aromatic heterocycles. The maximum absolute atomic E-state index is 6.48. The van der Waals surface area contributed by atoms with Crippen LogP contribution in [0.15, 0.2) is 132 Å². The van der Waals surface area contributed by atoms with Crippen LogP contribution in [-0.2, 0) is 26.5 Å². The van der Waals surface area contributed by atoms with Gasteiger partial charge in [0, 0.05) is 43.1 Å². The van der Waals surface area contributed by atoms with E-state index in [-0.39, 0.29) is 37.4 Å². The summed E-state index contributed by atoms with van der Waals surface area (Å²) >= 11 is 0. The molecule has 7 heteroatoms. The number of hydrogen-bond acceptors (Lipinski definition) is 4. The summed E-state index contributed by atoms with van der Waals surface area (Å²) in [6.45, 7) is 25.2. The van der Waals surface area contributed by atoms with Crippen LogP contribution in [0.1, 0.15) is 82.7 Å². The summed E-state index contributed by atoms with van der Waals surface area (Å²) in [5.41, 5.74) is 15.4. The number of fused-ring (bicyclic) bond motifs is 4. The minimum absolute atomic E-state index is 0. The zero-order valence-corrected chi connectivity index (χ0v) is 41.9. The van der Waals surface area contributed by atoms with E-state index in [0.29, 0.717) is 0 Å². The first-order chi connectivity index (χ1) is 29.6. The van der Waals surface area contributed by atoms with E-state index in [1.54, 1.807) is 0 Å². The van der Waals surface area contributed by atoms with Crippen LogP contribution in [-0.4, -0.2) is 27.6 Å². The molecule has 0 aliphatic carbocycles. The number of hydrogen-bond donors (Lipinski definition) is 0. The first kappa shape index (κ1) is 45.6. The summed E-state index contributed by atoms with van der Waals surface area (Å²) in [5.74, 6) is 1.37. The van der Waals surface area contributed by atoms with Crippen molar-refractivity contribution in [1.82, 2.24) is 19.5 Å². The molecule has 0 atom stereocenters. The SMILES string of the molecule is CC(C)(C)Cc1cc(-c2[c-]cccc2)ncc1[Si](C)(C)C.Cc1cc2nc(-c3[c-]ccc4c3oc3ccccc34)n(-c3c(C(C)C)cc(-c4ccccc4)cc3C(C)C)c2cn1.[Ir]. The van der Waals surface area contributed by atoms with Crippen molar-refractivity contribution in [3.8, 4) is 39.5 Å². The number of aromatic nitrogens is 4. The third-order valence-corrected chi connectivity index (χ3v) is 13.6. The van der Waals surface area contributed by atoms with Crippen molar-refractivity contribution in [3.63, 3.8) is 0 Å². The summed E-state index contributed by atoms with van der Waals surface area (Å²) in [6, 6.07) is 46.8. The Morgan fingerprint density at radius 1 is 0.714 bits per heavy atom. The maximum Gasteiger partial charge on any atom is 0.120 e. The topological polar surface area (TPSA) is 56.7 Å². The van der Waals surface area contributed by atoms with Crippen molar-refractivity contribution < 1.29 is 24.5 Å². The number of rotatable bonds is 8. The van der Waals surface area contributed by atoms with Crippen molar-refractivity contribution in [3.05, 3.63) is 162 Å². The van der Waals surface area contributed by atoms with Crippen LogP contribution in [0, 0.1) is 24.5 Å². The predicted octanol–water partition coefficient (Wildman–Crippen LogP) is 14.7. The molecule has 323 valence electrons. The Morgan fingerprint density at radius 3 is 2.05 bits per heavy atom. The number of imidazole rings is 1. The molecule has 0 saturated heterocycles. The molecular weight excluding hydrogens is 965 g/mol. The minimum atomic E-state index is -1.37. The number of benzene rings is 5. The van der Waals surface area contributed by atoms with E-state index >= 15 is 0 Å². The van der Waals surface area contributed by atoms with Crippen molar-refractivity contribution >= 4 is 46.2 Å². The molecule has 0 N–H and O–H groups in total. The Balaban J connectivity index is 0.000000229. The molecule has 5 aromatic carbocycles. The van der Waals surface area contributed by atoms with Crippen LogP contribution < -0.4 is 5.19 Å². The van der Waals surface area contributed by atoms with Gasteiger partial charge < -0.3 is 14.0 Å². The number of furan rings is 1. The van der Waals surface area contributed by atoms with Gasteiger partial charge in [-0.1, -0.05) is 139 Å². The zero-order valence-electron chi connectivity index (χ0n) is 38.5. The molecule has 5 nitrogen and oxygen atoms in total. The van der Waals surface area contributed by atoms with Gasteiger partial charge in [-0.15, -0.1) is 54.1 Å². The van der Waals surface area contributed by atoms with Gasteiger partial charge in [0.1, 0.15) is 5.58 Å². The summed E-state index contributed by atoms with van der Waals surface area (Å²) in [6.07, 6.45) is 5.16. The zero-order chi connectivity index (χ0) is 43.9. The van der Waals surface area contributed by atoms with Gasteiger partial charge in [0.15, 0.2) is 0 Å². The fourth-order valence-electron chi connectivity index (χ4n) is 8.53. The first-order valence-electron chi connectivity index (χ1n) is 21.9. The summed E-state index contributed by atoms with van der Waals surface area (Å²) in [7, 11) is -1.37. The Hall–Kier alpha value is -5.46. The average Bonchev–Trinajstić information content (AvgIpc) is 3.81. The smallest absolute Gasteiger partial charge is 0.120 e. The third-order valence-electron chi connectivity index (χ3n) is 11.5. The van der Waals surface area contributed by atoms with Crippen LogP contribution in [0.3, 0.4) is 0 Å². The van der Waals surface area contributed by atoms with Gasteiger partial charge in [0.2, 0.25) is 0 Å². The Kier molecular flexibility index (Phi) is 13.3. The average molecular weight is 1020 g/mol.